The Hall–Kier alpha value is -0.0800. The molecule has 2 unspecified atom stereocenters. The highest BCUT2D eigenvalue weighted by Crippen LogP contribution is 2.25. The molecule has 0 spiro atoms. The van der Waals surface area contributed by atoms with Crippen LogP contribution < -0.4 is 0 Å². The third kappa shape index (κ3) is 3.65. The maximum atomic E-state index is 5.68. The lowest BCUT2D eigenvalue weighted by Gasteiger charge is -2.17. The zero-order valence-corrected chi connectivity index (χ0v) is 8.92. The number of methoxy groups -OCH3 is 1. The number of rotatable bonds is 6. The van der Waals surface area contributed by atoms with Crippen molar-refractivity contribution in [2.75, 3.05) is 20.3 Å². The Morgan fingerprint density at radius 2 is 2.23 bits per heavy atom. The van der Waals surface area contributed by atoms with Crippen LogP contribution in [0.3, 0.4) is 0 Å². The average Bonchev–Trinajstić information content (AvgIpc) is 2.54. The highest BCUT2D eigenvalue weighted by Gasteiger charge is 2.27. The minimum atomic E-state index is 0.478. The lowest BCUT2D eigenvalue weighted by atomic mass is 9.98. The molecule has 0 aromatic carbocycles. The molecule has 1 rings (SSSR count). The summed E-state index contributed by atoms with van der Waals surface area (Å²) in [6.07, 6.45) is 6.82. The van der Waals surface area contributed by atoms with Crippen molar-refractivity contribution in [3.63, 3.8) is 0 Å². The SMILES string of the molecule is CCCCCC1OCCC1COC. The van der Waals surface area contributed by atoms with Gasteiger partial charge in [0.1, 0.15) is 0 Å². The van der Waals surface area contributed by atoms with Crippen molar-refractivity contribution in [1.82, 2.24) is 0 Å². The van der Waals surface area contributed by atoms with Crippen LogP contribution in [0, 0.1) is 5.92 Å². The Kier molecular flexibility index (Phi) is 5.40. The van der Waals surface area contributed by atoms with Crippen LogP contribution in [0.2, 0.25) is 0 Å². The van der Waals surface area contributed by atoms with E-state index in [1.807, 2.05) is 0 Å². The summed E-state index contributed by atoms with van der Waals surface area (Å²) in [5, 5.41) is 0. The van der Waals surface area contributed by atoms with Gasteiger partial charge in [0.05, 0.1) is 12.7 Å². The maximum Gasteiger partial charge on any atom is 0.0626 e. The van der Waals surface area contributed by atoms with Gasteiger partial charge in [0.25, 0.3) is 0 Å². The first-order valence-electron chi connectivity index (χ1n) is 5.49. The van der Waals surface area contributed by atoms with E-state index in [9.17, 15) is 0 Å². The predicted molar refractivity (Wildman–Crippen MR) is 53.9 cm³/mol. The van der Waals surface area contributed by atoms with Gasteiger partial charge in [-0.3, -0.25) is 0 Å². The molecule has 0 amide bonds. The van der Waals surface area contributed by atoms with Crippen LogP contribution >= 0.6 is 0 Å². The standard InChI is InChI=1S/C11H22O2/c1-3-4-5-6-11-10(9-12-2)7-8-13-11/h10-11H,3-9H2,1-2H3. The zero-order chi connectivity index (χ0) is 9.52. The van der Waals surface area contributed by atoms with E-state index in [0.29, 0.717) is 12.0 Å². The van der Waals surface area contributed by atoms with E-state index in [1.54, 1.807) is 7.11 Å². The molecule has 2 heteroatoms. The molecular formula is C11H22O2. The normalized spacial score (nSPS) is 28.2. The summed E-state index contributed by atoms with van der Waals surface area (Å²) in [4.78, 5) is 0. The Labute approximate surface area is 81.6 Å². The number of hydrogen-bond acceptors (Lipinski definition) is 2. The minimum Gasteiger partial charge on any atom is -0.384 e. The molecule has 0 radical (unpaired) electrons. The van der Waals surface area contributed by atoms with Gasteiger partial charge in [0.2, 0.25) is 0 Å². The van der Waals surface area contributed by atoms with E-state index in [-0.39, 0.29) is 0 Å². The molecule has 0 aromatic heterocycles. The third-order valence-electron chi connectivity index (χ3n) is 2.82. The molecule has 1 saturated heterocycles. The number of unbranched alkanes of at least 4 members (excludes halogenated alkanes) is 2. The Morgan fingerprint density at radius 3 is 2.92 bits per heavy atom. The summed E-state index contributed by atoms with van der Waals surface area (Å²) < 4.78 is 10.9. The van der Waals surface area contributed by atoms with Crippen LogP contribution in [0.4, 0.5) is 0 Å². The summed E-state index contributed by atoms with van der Waals surface area (Å²) in [7, 11) is 1.78. The second kappa shape index (κ2) is 6.39. The van der Waals surface area contributed by atoms with E-state index in [1.165, 1.54) is 32.1 Å². The van der Waals surface area contributed by atoms with Crippen LogP contribution in [0.1, 0.15) is 39.0 Å². The maximum absolute atomic E-state index is 5.68. The lowest BCUT2D eigenvalue weighted by Crippen LogP contribution is -2.20. The quantitative estimate of drug-likeness (QED) is 0.594. The molecule has 1 fully saturated rings. The molecular weight excluding hydrogens is 164 g/mol. The Morgan fingerprint density at radius 1 is 1.38 bits per heavy atom. The molecule has 0 aromatic rings. The summed E-state index contributed by atoms with van der Waals surface area (Å²) in [5.74, 6) is 0.654. The summed E-state index contributed by atoms with van der Waals surface area (Å²) in [6.45, 7) is 4.05. The fourth-order valence-corrected chi connectivity index (χ4v) is 2.01. The molecule has 78 valence electrons. The smallest absolute Gasteiger partial charge is 0.0626 e. The minimum absolute atomic E-state index is 0.478. The van der Waals surface area contributed by atoms with E-state index >= 15 is 0 Å². The van der Waals surface area contributed by atoms with Crippen LogP contribution in [0.5, 0.6) is 0 Å². The van der Waals surface area contributed by atoms with Gasteiger partial charge in [-0.25, -0.2) is 0 Å². The Balaban J connectivity index is 2.15. The van der Waals surface area contributed by atoms with Crippen LogP contribution in [0.25, 0.3) is 0 Å². The van der Waals surface area contributed by atoms with Crippen LogP contribution in [-0.2, 0) is 9.47 Å². The largest absolute Gasteiger partial charge is 0.384 e. The first kappa shape index (κ1) is 11.0. The van der Waals surface area contributed by atoms with Crippen molar-refractivity contribution >= 4 is 0 Å². The van der Waals surface area contributed by atoms with E-state index in [2.05, 4.69) is 6.92 Å². The summed E-state index contributed by atoms with van der Waals surface area (Å²) in [6, 6.07) is 0. The second-order valence-electron chi connectivity index (χ2n) is 3.91. The van der Waals surface area contributed by atoms with Gasteiger partial charge in [-0.2, -0.15) is 0 Å². The highest BCUT2D eigenvalue weighted by molar-refractivity contribution is 4.75. The molecule has 2 atom stereocenters. The van der Waals surface area contributed by atoms with Gasteiger partial charge in [0.15, 0.2) is 0 Å². The first-order chi connectivity index (χ1) is 6.38. The molecule has 2 nitrogen and oxygen atoms in total. The topological polar surface area (TPSA) is 18.5 Å². The third-order valence-corrected chi connectivity index (χ3v) is 2.82. The fourth-order valence-electron chi connectivity index (χ4n) is 2.01. The van der Waals surface area contributed by atoms with Crippen molar-refractivity contribution in [3.8, 4) is 0 Å². The summed E-state index contributed by atoms with van der Waals surface area (Å²) >= 11 is 0. The van der Waals surface area contributed by atoms with Gasteiger partial charge in [0, 0.05) is 19.6 Å². The van der Waals surface area contributed by atoms with Gasteiger partial charge < -0.3 is 9.47 Å². The fraction of sp³-hybridized carbons (Fsp3) is 1.00. The van der Waals surface area contributed by atoms with Gasteiger partial charge in [-0.15, -0.1) is 0 Å². The van der Waals surface area contributed by atoms with E-state index in [0.717, 1.165) is 13.2 Å². The van der Waals surface area contributed by atoms with Gasteiger partial charge in [-0.05, 0) is 12.8 Å². The number of ether oxygens (including phenoxy) is 2. The monoisotopic (exact) mass is 186 g/mol. The van der Waals surface area contributed by atoms with Crippen molar-refractivity contribution in [3.05, 3.63) is 0 Å². The molecule has 0 bridgehead atoms. The zero-order valence-electron chi connectivity index (χ0n) is 8.92. The molecule has 1 heterocycles. The Bertz CT molecular complexity index is 125. The average molecular weight is 186 g/mol. The van der Waals surface area contributed by atoms with Crippen molar-refractivity contribution < 1.29 is 9.47 Å². The van der Waals surface area contributed by atoms with Gasteiger partial charge >= 0.3 is 0 Å². The molecule has 1 aliphatic heterocycles. The molecule has 0 saturated carbocycles. The summed E-state index contributed by atoms with van der Waals surface area (Å²) in [5.41, 5.74) is 0. The highest BCUT2D eigenvalue weighted by atomic mass is 16.5. The molecule has 1 aliphatic rings. The number of hydrogen-bond donors (Lipinski definition) is 0. The van der Waals surface area contributed by atoms with Crippen molar-refractivity contribution in [1.29, 1.82) is 0 Å². The van der Waals surface area contributed by atoms with Crippen molar-refractivity contribution in [2.24, 2.45) is 5.92 Å². The molecule has 0 aliphatic carbocycles. The van der Waals surface area contributed by atoms with Crippen LogP contribution in [-0.4, -0.2) is 26.4 Å². The molecule has 0 N–H and O–H groups in total. The first-order valence-corrected chi connectivity index (χ1v) is 5.49. The van der Waals surface area contributed by atoms with E-state index < -0.39 is 0 Å². The van der Waals surface area contributed by atoms with Crippen LogP contribution in [0.15, 0.2) is 0 Å². The van der Waals surface area contributed by atoms with Gasteiger partial charge in [-0.1, -0.05) is 26.2 Å². The predicted octanol–water partition coefficient (Wildman–Crippen LogP) is 2.62. The van der Waals surface area contributed by atoms with Crippen molar-refractivity contribution in [2.45, 2.75) is 45.1 Å². The second-order valence-corrected chi connectivity index (χ2v) is 3.91. The molecule has 13 heavy (non-hydrogen) atoms. The van der Waals surface area contributed by atoms with E-state index in [4.69, 9.17) is 9.47 Å². The lowest BCUT2D eigenvalue weighted by molar-refractivity contribution is 0.0527.